The highest BCUT2D eigenvalue weighted by atomic mass is 127. The largest absolute Gasteiger partial charge is 0.508 e. The summed E-state index contributed by atoms with van der Waals surface area (Å²) in [4.78, 5) is 2.50. The number of nitrogens with zero attached hydrogens (tertiary/aromatic N) is 1. The summed E-state index contributed by atoms with van der Waals surface area (Å²) in [7, 11) is 2.24. The number of likely N-dealkylation sites (tertiary alicyclic amines) is 1. The van der Waals surface area contributed by atoms with Gasteiger partial charge in [-0.1, -0.05) is 35.6 Å². The second-order valence-electron chi connectivity index (χ2n) is 5.49. The lowest BCUT2D eigenvalue weighted by atomic mass is 9.68. The summed E-state index contributed by atoms with van der Waals surface area (Å²) < 4.78 is 0.210. The number of likely N-dealkylation sites (N-methyl/N-ethyl adjacent to an activating group) is 1. The molecular weight excluding hydrogens is 325 g/mol. The molecule has 1 aromatic carbocycles. The van der Waals surface area contributed by atoms with Gasteiger partial charge in [0.05, 0.1) is 3.42 Å². The predicted molar refractivity (Wildman–Crippen MR) is 77.7 cm³/mol. The van der Waals surface area contributed by atoms with Crippen LogP contribution in [0.5, 0.6) is 5.75 Å². The monoisotopic (exact) mass is 343 g/mol. The Morgan fingerprint density at radius 2 is 2.24 bits per heavy atom. The van der Waals surface area contributed by atoms with Crippen LogP contribution >= 0.6 is 22.6 Å². The number of phenolic OH excluding ortho intramolecular Hbond substituents is 1. The molecule has 0 saturated carbocycles. The molecule has 0 amide bonds. The first-order valence-corrected chi connectivity index (χ1v) is 7.32. The van der Waals surface area contributed by atoms with Crippen molar-refractivity contribution in [3.8, 4) is 5.75 Å². The molecule has 1 N–H and O–H groups in total. The summed E-state index contributed by atoms with van der Waals surface area (Å²) in [6.07, 6.45) is 2.30. The van der Waals surface area contributed by atoms with E-state index < -0.39 is 0 Å². The molecule has 3 heteroatoms. The van der Waals surface area contributed by atoms with Gasteiger partial charge < -0.3 is 10.0 Å². The van der Waals surface area contributed by atoms with Crippen molar-refractivity contribution in [2.75, 3.05) is 13.6 Å². The van der Waals surface area contributed by atoms with E-state index in [1.54, 1.807) is 0 Å². The molecule has 1 aliphatic heterocycles. The van der Waals surface area contributed by atoms with Crippen molar-refractivity contribution in [1.82, 2.24) is 4.90 Å². The molecule has 1 aliphatic carbocycles. The van der Waals surface area contributed by atoms with E-state index in [0.717, 1.165) is 13.0 Å². The van der Waals surface area contributed by atoms with E-state index in [-0.39, 0.29) is 3.42 Å². The van der Waals surface area contributed by atoms with Crippen molar-refractivity contribution in [2.45, 2.75) is 29.2 Å². The van der Waals surface area contributed by atoms with Crippen LogP contribution < -0.4 is 0 Å². The SMILES string of the molecule is CC1C2Cc3ccc(O)cc3C1(I)CCN2C. The Hall–Kier alpha value is -0.290. The number of phenols is 1. The topological polar surface area (TPSA) is 23.5 Å². The summed E-state index contributed by atoms with van der Waals surface area (Å²) in [6.45, 7) is 3.52. The standard InChI is InChI=1S/C14H18INO/c1-9-13-7-10-3-4-11(17)8-12(10)14(9,15)5-6-16(13)2/h3-4,8-9,13,17H,5-7H2,1-2H3. The molecule has 0 radical (unpaired) electrons. The third-order valence-corrected chi connectivity index (χ3v) is 6.77. The van der Waals surface area contributed by atoms with E-state index in [1.807, 2.05) is 12.1 Å². The second kappa shape index (κ2) is 3.85. The van der Waals surface area contributed by atoms with Crippen LogP contribution in [0, 0.1) is 5.92 Å². The Kier molecular flexibility index (Phi) is 2.67. The van der Waals surface area contributed by atoms with Gasteiger partial charge in [0.2, 0.25) is 0 Å². The first-order valence-electron chi connectivity index (χ1n) is 6.24. The smallest absolute Gasteiger partial charge is 0.115 e. The Labute approximate surface area is 116 Å². The van der Waals surface area contributed by atoms with Gasteiger partial charge in [-0.2, -0.15) is 0 Å². The number of hydrogen-bond donors (Lipinski definition) is 1. The Morgan fingerprint density at radius 3 is 3.00 bits per heavy atom. The van der Waals surface area contributed by atoms with Crippen LogP contribution in [0.2, 0.25) is 0 Å². The number of rotatable bonds is 0. The van der Waals surface area contributed by atoms with Gasteiger partial charge in [-0.25, -0.2) is 0 Å². The Bertz CT molecular complexity index is 462. The molecule has 3 unspecified atom stereocenters. The van der Waals surface area contributed by atoms with Gasteiger partial charge in [-0.3, -0.25) is 0 Å². The minimum absolute atomic E-state index is 0.210. The fourth-order valence-electron chi connectivity index (χ4n) is 3.49. The lowest BCUT2D eigenvalue weighted by molar-refractivity contribution is 0.0917. The molecule has 1 fully saturated rings. The third-order valence-electron chi connectivity index (χ3n) is 4.66. The van der Waals surface area contributed by atoms with Gasteiger partial charge in [0.1, 0.15) is 5.75 Å². The highest BCUT2D eigenvalue weighted by Crippen LogP contribution is 2.53. The van der Waals surface area contributed by atoms with E-state index in [9.17, 15) is 5.11 Å². The predicted octanol–water partition coefficient (Wildman–Crippen LogP) is 2.92. The first-order chi connectivity index (χ1) is 8.02. The molecule has 3 rings (SSSR count). The maximum Gasteiger partial charge on any atom is 0.115 e. The fourth-order valence-corrected chi connectivity index (χ4v) is 4.64. The van der Waals surface area contributed by atoms with Gasteiger partial charge in [0, 0.05) is 6.04 Å². The summed E-state index contributed by atoms with van der Waals surface area (Å²) in [5.41, 5.74) is 2.79. The van der Waals surface area contributed by atoms with E-state index in [2.05, 4.69) is 47.5 Å². The molecule has 1 saturated heterocycles. The quantitative estimate of drug-likeness (QED) is 0.578. The van der Waals surface area contributed by atoms with E-state index in [4.69, 9.17) is 0 Å². The number of benzene rings is 1. The third kappa shape index (κ3) is 1.62. The molecule has 17 heavy (non-hydrogen) atoms. The maximum absolute atomic E-state index is 9.72. The van der Waals surface area contributed by atoms with Crippen LogP contribution in [0.4, 0.5) is 0 Å². The zero-order valence-corrected chi connectivity index (χ0v) is 12.4. The average molecular weight is 343 g/mol. The number of aromatic hydroxyl groups is 1. The zero-order chi connectivity index (χ0) is 12.2. The van der Waals surface area contributed by atoms with Gasteiger partial charge >= 0.3 is 0 Å². The van der Waals surface area contributed by atoms with Crippen LogP contribution in [0.3, 0.4) is 0 Å². The zero-order valence-electron chi connectivity index (χ0n) is 10.3. The molecule has 3 atom stereocenters. The number of hydrogen-bond acceptors (Lipinski definition) is 2. The molecule has 92 valence electrons. The van der Waals surface area contributed by atoms with Gasteiger partial charge in [0.15, 0.2) is 0 Å². The summed E-state index contributed by atoms with van der Waals surface area (Å²) in [5, 5.41) is 9.72. The number of halogens is 1. The lowest BCUT2D eigenvalue weighted by Crippen LogP contribution is -2.55. The molecule has 1 aromatic rings. The summed E-state index contributed by atoms with van der Waals surface area (Å²) >= 11 is 2.63. The minimum Gasteiger partial charge on any atom is -0.508 e. The van der Waals surface area contributed by atoms with Crippen molar-refractivity contribution < 1.29 is 5.11 Å². The van der Waals surface area contributed by atoms with Crippen LogP contribution in [-0.2, 0) is 9.84 Å². The molecule has 0 spiro atoms. The van der Waals surface area contributed by atoms with Crippen LogP contribution in [0.1, 0.15) is 24.5 Å². The van der Waals surface area contributed by atoms with Crippen molar-refractivity contribution in [1.29, 1.82) is 0 Å². The molecule has 0 aromatic heterocycles. The summed E-state index contributed by atoms with van der Waals surface area (Å²) in [5.74, 6) is 1.06. The highest BCUT2D eigenvalue weighted by Gasteiger charge is 2.48. The molecular formula is C14H18INO. The Balaban J connectivity index is 2.16. The van der Waals surface area contributed by atoms with Crippen LogP contribution in [0.25, 0.3) is 0 Å². The van der Waals surface area contributed by atoms with Gasteiger partial charge in [-0.05, 0) is 55.6 Å². The van der Waals surface area contributed by atoms with Gasteiger partial charge in [-0.15, -0.1) is 0 Å². The van der Waals surface area contributed by atoms with Crippen molar-refractivity contribution in [3.05, 3.63) is 29.3 Å². The fraction of sp³-hybridized carbons (Fsp3) is 0.571. The number of alkyl halides is 1. The first kappa shape index (κ1) is 11.8. The van der Waals surface area contributed by atoms with Crippen molar-refractivity contribution >= 4 is 22.6 Å². The second-order valence-corrected chi connectivity index (χ2v) is 7.42. The molecule has 2 nitrogen and oxygen atoms in total. The van der Waals surface area contributed by atoms with E-state index in [1.165, 1.54) is 17.5 Å². The lowest BCUT2D eigenvalue weighted by Gasteiger charge is -2.52. The van der Waals surface area contributed by atoms with Gasteiger partial charge in [0.25, 0.3) is 0 Å². The number of piperidine rings is 1. The number of fused-ring (bicyclic) bond motifs is 4. The highest BCUT2D eigenvalue weighted by molar-refractivity contribution is 14.1. The minimum atomic E-state index is 0.210. The molecule has 1 heterocycles. The van der Waals surface area contributed by atoms with E-state index >= 15 is 0 Å². The van der Waals surface area contributed by atoms with Crippen LogP contribution in [0.15, 0.2) is 18.2 Å². The van der Waals surface area contributed by atoms with Crippen LogP contribution in [-0.4, -0.2) is 29.6 Å². The van der Waals surface area contributed by atoms with Crippen molar-refractivity contribution in [2.24, 2.45) is 5.92 Å². The maximum atomic E-state index is 9.72. The Morgan fingerprint density at radius 1 is 1.47 bits per heavy atom. The van der Waals surface area contributed by atoms with Crippen molar-refractivity contribution in [3.63, 3.8) is 0 Å². The average Bonchev–Trinajstić information content (AvgIpc) is 2.30. The molecule has 2 bridgehead atoms. The van der Waals surface area contributed by atoms with E-state index in [0.29, 0.717) is 17.7 Å². The molecule has 2 aliphatic rings. The summed E-state index contributed by atoms with van der Waals surface area (Å²) in [6, 6.07) is 6.57. The normalized spacial score (nSPS) is 36.6.